The third-order valence-corrected chi connectivity index (χ3v) is 4.70. The van der Waals surface area contributed by atoms with E-state index in [4.69, 9.17) is 0 Å². The van der Waals surface area contributed by atoms with E-state index in [1.807, 2.05) is 0 Å². The first-order valence-electron chi connectivity index (χ1n) is 8.52. The second-order valence-electron chi connectivity index (χ2n) is 6.97. The van der Waals surface area contributed by atoms with Crippen molar-refractivity contribution in [1.82, 2.24) is 0 Å². The number of benzene rings is 3. The van der Waals surface area contributed by atoms with Crippen LogP contribution in [0.5, 0.6) is 0 Å². The van der Waals surface area contributed by atoms with Gasteiger partial charge in [-0.1, -0.05) is 80.6 Å². The molecule has 1 aliphatic rings. The Kier molecular flexibility index (Phi) is 3.53. The summed E-state index contributed by atoms with van der Waals surface area (Å²) in [6.07, 6.45) is 2.20. The summed E-state index contributed by atoms with van der Waals surface area (Å²) in [6, 6.07) is 24.6. The molecule has 0 N–H and O–H groups in total. The molecule has 114 valence electrons. The highest BCUT2D eigenvalue weighted by Gasteiger charge is 2.21. The standard InChI is InChI=1S/C23H22/c1-16(2)13-17-7-5-9-18(14-17)22-12-6-10-20-15-19-8-3-4-11-21(19)23(20)22/h3-12,14,16H,13,15H2,1-2H3. The molecule has 0 saturated carbocycles. The van der Waals surface area contributed by atoms with Crippen LogP contribution < -0.4 is 0 Å². The Hall–Kier alpha value is -2.34. The highest BCUT2D eigenvalue weighted by molar-refractivity contribution is 5.90. The van der Waals surface area contributed by atoms with Crippen molar-refractivity contribution in [2.45, 2.75) is 26.7 Å². The lowest BCUT2D eigenvalue weighted by molar-refractivity contribution is 0.647. The average molecular weight is 298 g/mol. The molecule has 4 rings (SSSR count). The van der Waals surface area contributed by atoms with Crippen LogP contribution in [0.1, 0.15) is 30.5 Å². The molecule has 0 heteroatoms. The fraction of sp³-hybridized carbons (Fsp3) is 0.217. The third-order valence-electron chi connectivity index (χ3n) is 4.70. The predicted octanol–water partition coefficient (Wildman–Crippen LogP) is 6.12. The van der Waals surface area contributed by atoms with E-state index in [1.165, 1.54) is 38.9 Å². The third kappa shape index (κ3) is 2.59. The summed E-state index contributed by atoms with van der Waals surface area (Å²) in [5.41, 5.74) is 9.90. The summed E-state index contributed by atoms with van der Waals surface area (Å²) in [5.74, 6) is 0.687. The van der Waals surface area contributed by atoms with Gasteiger partial charge in [0, 0.05) is 0 Å². The first-order chi connectivity index (χ1) is 11.2. The summed E-state index contributed by atoms with van der Waals surface area (Å²) in [4.78, 5) is 0. The predicted molar refractivity (Wildman–Crippen MR) is 98.7 cm³/mol. The molecule has 0 fully saturated rings. The minimum absolute atomic E-state index is 0.687. The van der Waals surface area contributed by atoms with E-state index in [-0.39, 0.29) is 0 Å². The molecule has 0 saturated heterocycles. The number of rotatable bonds is 3. The van der Waals surface area contributed by atoms with E-state index in [0.717, 1.165) is 12.8 Å². The summed E-state index contributed by atoms with van der Waals surface area (Å²) in [6.45, 7) is 4.56. The van der Waals surface area contributed by atoms with E-state index in [0.29, 0.717) is 5.92 Å². The van der Waals surface area contributed by atoms with Gasteiger partial charge in [0.05, 0.1) is 0 Å². The molecule has 1 aliphatic carbocycles. The normalized spacial score (nSPS) is 12.3. The van der Waals surface area contributed by atoms with Crippen molar-refractivity contribution in [3.05, 3.63) is 83.4 Å². The van der Waals surface area contributed by atoms with Crippen molar-refractivity contribution in [3.8, 4) is 22.3 Å². The van der Waals surface area contributed by atoms with Crippen LogP contribution in [-0.4, -0.2) is 0 Å². The van der Waals surface area contributed by atoms with E-state index in [9.17, 15) is 0 Å². The smallest absolute Gasteiger partial charge is 0.00132 e. The van der Waals surface area contributed by atoms with Crippen molar-refractivity contribution in [1.29, 1.82) is 0 Å². The molecule has 0 aliphatic heterocycles. The molecule has 23 heavy (non-hydrogen) atoms. The molecule has 0 atom stereocenters. The summed E-state index contributed by atoms with van der Waals surface area (Å²) >= 11 is 0. The summed E-state index contributed by atoms with van der Waals surface area (Å²) in [7, 11) is 0. The zero-order chi connectivity index (χ0) is 15.8. The van der Waals surface area contributed by atoms with Crippen LogP contribution in [0, 0.1) is 5.92 Å². The second kappa shape index (κ2) is 5.70. The van der Waals surface area contributed by atoms with Gasteiger partial charge >= 0.3 is 0 Å². The quantitative estimate of drug-likeness (QED) is 0.427. The van der Waals surface area contributed by atoms with Gasteiger partial charge in [0.2, 0.25) is 0 Å². The fourth-order valence-corrected chi connectivity index (χ4v) is 3.77. The van der Waals surface area contributed by atoms with Crippen molar-refractivity contribution in [2.24, 2.45) is 5.92 Å². The molecule has 0 amide bonds. The molecule has 0 heterocycles. The van der Waals surface area contributed by atoms with Gasteiger partial charge in [-0.15, -0.1) is 0 Å². The minimum Gasteiger partial charge on any atom is -0.0625 e. The maximum absolute atomic E-state index is 2.37. The lowest BCUT2D eigenvalue weighted by atomic mass is 9.92. The van der Waals surface area contributed by atoms with Gasteiger partial charge in [0.15, 0.2) is 0 Å². The Morgan fingerprint density at radius 1 is 0.783 bits per heavy atom. The molecular weight excluding hydrogens is 276 g/mol. The molecule has 3 aromatic carbocycles. The van der Waals surface area contributed by atoms with E-state index in [1.54, 1.807) is 0 Å². The Morgan fingerprint density at radius 3 is 2.39 bits per heavy atom. The molecule has 0 bridgehead atoms. The van der Waals surface area contributed by atoms with Gasteiger partial charge in [0.1, 0.15) is 0 Å². The van der Waals surface area contributed by atoms with Crippen LogP contribution in [0.3, 0.4) is 0 Å². The van der Waals surface area contributed by atoms with Gasteiger partial charge in [-0.3, -0.25) is 0 Å². The molecule has 0 radical (unpaired) electrons. The van der Waals surface area contributed by atoms with Crippen LogP contribution in [0.2, 0.25) is 0 Å². The largest absolute Gasteiger partial charge is 0.0625 e. The monoisotopic (exact) mass is 298 g/mol. The first kappa shape index (κ1) is 14.3. The summed E-state index contributed by atoms with van der Waals surface area (Å²) in [5, 5.41) is 0. The van der Waals surface area contributed by atoms with Crippen LogP contribution in [-0.2, 0) is 12.8 Å². The second-order valence-corrected chi connectivity index (χ2v) is 6.97. The number of hydrogen-bond acceptors (Lipinski definition) is 0. The Labute approximate surface area is 138 Å². The number of fused-ring (bicyclic) bond motifs is 3. The Bertz CT molecular complexity index is 855. The van der Waals surface area contributed by atoms with Crippen LogP contribution in [0.4, 0.5) is 0 Å². The van der Waals surface area contributed by atoms with Crippen LogP contribution in [0.15, 0.2) is 66.7 Å². The lowest BCUT2D eigenvalue weighted by Gasteiger charge is -2.12. The van der Waals surface area contributed by atoms with Gasteiger partial charge in [-0.25, -0.2) is 0 Å². The minimum atomic E-state index is 0.687. The van der Waals surface area contributed by atoms with Crippen molar-refractivity contribution < 1.29 is 0 Å². The molecule has 0 spiro atoms. The maximum Gasteiger partial charge on any atom is -0.00132 e. The molecule has 0 aromatic heterocycles. The summed E-state index contributed by atoms with van der Waals surface area (Å²) < 4.78 is 0. The van der Waals surface area contributed by atoms with E-state index < -0.39 is 0 Å². The highest BCUT2D eigenvalue weighted by atomic mass is 14.2. The molecule has 3 aromatic rings. The lowest BCUT2D eigenvalue weighted by Crippen LogP contribution is -1.94. The first-order valence-corrected chi connectivity index (χ1v) is 8.52. The molecular formula is C23H22. The highest BCUT2D eigenvalue weighted by Crippen LogP contribution is 2.42. The van der Waals surface area contributed by atoms with Gasteiger partial charge in [0.25, 0.3) is 0 Å². The molecule has 0 unspecified atom stereocenters. The zero-order valence-electron chi connectivity index (χ0n) is 13.8. The topological polar surface area (TPSA) is 0 Å². The fourth-order valence-electron chi connectivity index (χ4n) is 3.77. The van der Waals surface area contributed by atoms with Gasteiger partial charge < -0.3 is 0 Å². The van der Waals surface area contributed by atoms with E-state index >= 15 is 0 Å². The van der Waals surface area contributed by atoms with Crippen molar-refractivity contribution >= 4 is 0 Å². The van der Waals surface area contributed by atoms with Gasteiger partial charge in [-0.05, 0) is 57.7 Å². The zero-order valence-corrected chi connectivity index (χ0v) is 13.8. The average Bonchev–Trinajstić information content (AvgIpc) is 2.93. The van der Waals surface area contributed by atoms with Crippen molar-refractivity contribution in [3.63, 3.8) is 0 Å². The Balaban J connectivity index is 1.85. The SMILES string of the molecule is CC(C)Cc1cccc(-c2cccc3c2-c2ccccc2C3)c1. The van der Waals surface area contributed by atoms with Gasteiger partial charge in [-0.2, -0.15) is 0 Å². The van der Waals surface area contributed by atoms with Crippen LogP contribution in [0.25, 0.3) is 22.3 Å². The Morgan fingerprint density at radius 2 is 1.52 bits per heavy atom. The van der Waals surface area contributed by atoms with E-state index in [2.05, 4.69) is 80.6 Å². The van der Waals surface area contributed by atoms with Crippen LogP contribution >= 0.6 is 0 Å². The molecule has 0 nitrogen and oxygen atoms in total. The maximum atomic E-state index is 2.37. The van der Waals surface area contributed by atoms with Crippen molar-refractivity contribution in [2.75, 3.05) is 0 Å². The number of hydrogen-bond donors (Lipinski definition) is 0.